The molecule has 1 amide bonds. The summed E-state index contributed by atoms with van der Waals surface area (Å²) in [6.07, 6.45) is 1.64. The molecule has 0 saturated heterocycles. The summed E-state index contributed by atoms with van der Waals surface area (Å²) in [4.78, 5) is 36.0. The molecule has 0 saturated carbocycles. The van der Waals surface area contributed by atoms with Gasteiger partial charge in [-0.3, -0.25) is 9.59 Å². The molecule has 0 atom stereocenters. The van der Waals surface area contributed by atoms with Crippen LogP contribution in [0.3, 0.4) is 0 Å². The van der Waals surface area contributed by atoms with E-state index in [1.807, 2.05) is 0 Å². The zero-order chi connectivity index (χ0) is 18.6. The normalized spacial score (nSPS) is 10.4. The van der Waals surface area contributed by atoms with Crippen LogP contribution in [0.5, 0.6) is 5.75 Å². The maximum atomic E-state index is 12.6. The van der Waals surface area contributed by atoms with E-state index in [1.54, 1.807) is 60.1 Å². The maximum absolute atomic E-state index is 12.6. The Balaban J connectivity index is 2.03. The molecule has 25 heavy (non-hydrogen) atoms. The Morgan fingerprint density at radius 3 is 2.36 bits per heavy atom. The lowest BCUT2D eigenvalue weighted by molar-refractivity contribution is -0.139. The van der Waals surface area contributed by atoms with Crippen LogP contribution >= 0.6 is 0 Å². The first-order chi connectivity index (χ1) is 11.8. The summed E-state index contributed by atoms with van der Waals surface area (Å²) in [5, 5.41) is 8.58. The van der Waals surface area contributed by atoms with Crippen LogP contribution < -0.4 is 4.74 Å². The Labute approximate surface area is 145 Å². The molecule has 0 radical (unpaired) electrons. The number of ketones is 1. The Kier molecular flexibility index (Phi) is 5.59. The summed E-state index contributed by atoms with van der Waals surface area (Å²) in [5.41, 5.74) is 1.81. The van der Waals surface area contributed by atoms with Crippen molar-refractivity contribution in [2.75, 3.05) is 13.7 Å². The number of rotatable bonds is 7. The van der Waals surface area contributed by atoms with Gasteiger partial charge in [0.05, 0.1) is 0 Å². The van der Waals surface area contributed by atoms with Gasteiger partial charge in [0.2, 0.25) is 0 Å². The van der Waals surface area contributed by atoms with Crippen LogP contribution in [0.25, 0.3) is 0 Å². The SMILES string of the molecule is CC(=O)c1cc(C(=O)N(C)Cc2ccc(OCC(=O)O)cc2)n(C)c1. The molecule has 7 nitrogen and oxygen atoms in total. The summed E-state index contributed by atoms with van der Waals surface area (Å²) in [5.74, 6) is -0.869. The third-order valence-corrected chi connectivity index (χ3v) is 3.68. The smallest absolute Gasteiger partial charge is 0.341 e. The summed E-state index contributed by atoms with van der Waals surface area (Å²) >= 11 is 0. The molecule has 1 aromatic heterocycles. The minimum absolute atomic E-state index is 0.0887. The molecule has 0 unspecified atom stereocenters. The summed E-state index contributed by atoms with van der Waals surface area (Å²) < 4.78 is 6.71. The number of carbonyl (C=O) groups is 3. The Morgan fingerprint density at radius 2 is 1.84 bits per heavy atom. The number of carboxylic acids is 1. The zero-order valence-corrected chi connectivity index (χ0v) is 14.4. The standard InChI is InChI=1S/C18H20N2O5/c1-12(21)14-8-16(19(2)10-14)18(24)20(3)9-13-4-6-15(7-5-13)25-11-17(22)23/h4-8,10H,9,11H2,1-3H3,(H,22,23). The first-order valence-electron chi connectivity index (χ1n) is 7.64. The number of carbonyl (C=O) groups excluding carboxylic acids is 2. The quantitative estimate of drug-likeness (QED) is 0.776. The van der Waals surface area contributed by atoms with Gasteiger partial charge in [-0.25, -0.2) is 4.79 Å². The van der Waals surface area contributed by atoms with Crippen molar-refractivity contribution in [3.8, 4) is 5.75 Å². The first kappa shape index (κ1) is 18.3. The van der Waals surface area contributed by atoms with Gasteiger partial charge in [-0.1, -0.05) is 12.1 Å². The summed E-state index contributed by atoms with van der Waals surface area (Å²) in [6.45, 7) is 1.43. The molecule has 0 spiro atoms. The number of aryl methyl sites for hydroxylation is 1. The van der Waals surface area contributed by atoms with Crippen LogP contribution in [0.4, 0.5) is 0 Å². The average molecular weight is 344 g/mol. The lowest BCUT2D eigenvalue weighted by Gasteiger charge is -2.18. The fourth-order valence-corrected chi connectivity index (χ4v) is 2.35. The predicted molar refractivity (Wildman–Crippen MR) is 90.8 cm³/mol. The monoisotopic (exact) mass is 344 g/mol. The number of hydrogen-bond acceptors (Lipinski definition) is 4. The van der Waals surface area contributed by atoms with Crippen LogP contribution in [0, 0.1) is 0 Å². The zero-order valence-electron chi connectivity index (χ0n) is 14.4. The number of amides is 1. The van der Waals surface area contributed by atoms with E-state index in [0.717, 1.165) is 5.56 Å². The van der Waals surface area contributed by atoms with Gasteiger partial charge in [-0.2, -0.15) is 0 Å². The van der Waals surface area contributed by atoms with Gasteiger partial charge in [0.25, 0.3) is 5.91 Å². The number of Topliss-reactive ketones (excluding diaryl/α,β-unsaturated/α-hetero) is 1. The van der Waals surface area contributed by atoms with E-state index in [4.69, 9.17) is 9.84 Å². The third kappa shape index (κ3) is 4.69. The van der Waals surface area contributed by atoms with Crippen molar-refractivity contribution in [1.82, 2.24) is 9.47 Å². The molecule has 0 fully saturated rings. The lowest BCUT2D eigenvalue weighted by Crippen LogP contribution is -2.27. The number of carboxylic acid groups (broad SMARTS) is 1. The number of benzene rings is 1. The summed E-state index contributed by atoms with van der Waals surface area (Å²) in [6, 6.07) is 8.45. The van der Waals surface area contributed by atoms with Crippen molar-refractivity contribution >= 4 is 17.7 Å². The van der Waals surface area contributed by atoms with E-state index in [0.29, 0.717) is 23.6 Å². The second-order valence-electron chi connectivity index (χ2n) is 5.77. The second-order valence-corrected chi connectivity index (χ2v) is 5.77. The molecular weight excluding hydrogens is 324 g/mol. The van der Waals surface area contributed by atoms with Gasteiger partial charge in [0.1, 0.15) is 11.4 Å². The minimum atomic E-state index is -1.04. The number of aromatic nitrogens is 1. The Morgan fingerprint density at radius 1 is 1.20 bits per heavy atom. The van der Waals surface area contributed by atoms with E-state index < -0.39 is 12.6 Å². The second kappa shape index (κ2) is 7.65. The molecule has 1 heterocycles. The van der Waals surface area contributed by atoms with Gasteiger partial charge in [0.15, 0.2) is 12.4 Å². The fourth-order valence-electron chi connectivity index (χ4n) is 2.35. The van der Waals surface area contributed by atoms with Gasteiger partial charge in [0, 0.05) is 32.4 Å². The van der Waals surface area contributed by atoms with Crippen LogP contribution in [0.2, 0.25) is 0 Å². The molecule has 0 bridgehead atoms. The molecule has 2 aromatic rings. The highest BCUT2D eigenvalue weighted by molar-refractivity contribution is 5.99. The molecule has 7 heteroatoms. The number of nitrogens with zero attached hydrogens (tertiary/aromatic N) is 2. The van der Waals surface area contributed by atoms with E-state index in [9.17, 15) is 14.4 Å². The van der Waals surface area contributed by atoms with Crippen molar-refractivity contribution < 1.29 is 24.2 Å². The largest absolute Gasteiger partial charge is 0.482 e. The van der Waals surface area contributed by atoms with Crippen LogP contribution in [-0.4, -0.2) is 45.9 Å². The van der Waals surface area contributed by atoms with Crippen LogP contribution in [0.15, 0.2) is 36.5 Å². The summed E-state index contributed by atoms with van der Waals surface area (Å²) in [7, 11) is 3.40. The topological polar surface area (TPSA) is 88.8 Å². The van der Waals surface area contributed by atoms with Crippen molar-refractivity contribution in [3.05, 3.63) is 53.3 Å². The third-order valence-electron chi connectivity index (χ3n) is 3.68. The molecule has 0 aliphatic carbocycles. The van der Waals surface area contributed by atoms with Crippen molar-refractivity contribution in [2.45, 2.75) is 13.5 Å². The lowest BCUT2D eigenvalue weighted by atomic mass is 10.2. The van der Waals surface area contributed by atoms with Gasteiger partial charge >= 0.3 is 5.97 Å². The highest BCUT2D eigenvalue weighted by Gasteiger charge is 2.17. The van der Waals surface area contributed by atoms with Crippen molar-refractivity contribution in [1.29, 1.82) is 0 Å². The van der Waals surface area contributed by atoms with E-state index in [1.165, 1.54) is 6.92 Å². The number of aliphatic carboxylic acids is 1. The van der Waals surface area contributed by atoms with Gasteiger partial charge in [-0.15, -0.1) is 0 Å². The van der Waals surface area contributed by atoms with E-state index >= 15 is 0 Å². The minimum Gasteiger partial charge on any atom is -0.482 e. The maximum Gasteiger partial charge on any atom is 0.341 e. The number of ether oxygens (including phenoxy) is 1. The Hall–Kier alpha value is -3.09. The number of hydrogen-bond donors (Lipinski definition) is 1. The van der Waals surface area contributed by atoms with Crippen LogP contribution in [0.1, 0.15) is 33.3 Å². The first-order valence-corrected chi connectivity index (χ1v) is 7.64. The highest BCUT2D eigenvalue weighted by Crippen LogP contribution is 2.15. The van der Waals surface area contributed by atoms with E-state index in [-0.39, 0.29) is 11.7 Å². The molecule has 1 N–H and O–H groups in total. The molecule has 1 aromatic carbocycles. The van der Waals surface area contributed by atoms with Crippen LogP contribution in [-0.2, 0) is 18.4 Å². The average Bonchev–Trinajstić information content (AvgIpc) is 2.95. The van der Waals surface area contributed by atoms with Gasteiger partial charge in [-0.05, 0) is 30.7 Å². The van der Waals surface area contributed by atoms with E-state index in [2.05, 4.69) is 0 Å². The molecule has 0 aliphatic rings. The van der Waals surface area contributed by atoms with Crippen molar-refractivity contribution in [2.24, 2.45) is 7.05 Å². The predicted octanol–water partition coefficient (Wildman–Crippen LogP) is 1.96. The Bertz CT molecular complexity index is 792. The highest BCUT2D eigenvalue weighted by atomic mass is 16.5. The fraction of sp³-hybridized carbons (Fsp3) is 0.278. The molecule has 2 rings (SSSR count). The van der Waals surface area contributed by atoms with Crippen molar-refractivity contribution in [3.63, 3.8) is 0 Å². The molecular formula is C18H20N2O5. The molecule has 132 valence electrons. The molecule has 0 aliphatic heterocycles. The van der Waals surface area contributed by atoms with Gasteiger partial charge < -0.3 is 19.3 Å².